The van der Waals surface area contributed by atoms with Gasteiger partial charge in [0.25, 0.3) is 0 Å². The van der Waals surface area contributed by atoms with Crippen LogP contribution in [0, 0.1) is 0 Å². The van der Waals surface area contributed by atoms with Crippen molar-refractivity contribution in [3.8, 4) is 0 Å². The Morgan fingerprint density at radius 2 is 0.443 bits per heavy atom. The molecule has 0 radical (unpaired) electrons. The van der Waals surface area contributed by atoms with Crippen LogP contribution in [-0.4, -0.2) is 141 Å². The molecule has 17 rings (SSSR count). The highest BCUT2D eigenvalue weighted by Crippen LogP contribution is 2.30. The summed E-state index contributed by atoms with van der Waals surface area (Å²) in [6.45, 7) is 27.5. The average Bonchev–Trinajstić information content (AvgIpc) is 0.827. The lowest BCUT2D eigenvalue weighted by Gasteiger charge is -2.29. The van der Waals surface area contributed by atoms with Gasteiger partial charge in [0.1, 0.15) is 13.5 Å². The molecule has 0 aliphatic carbocycles. The van der Waals surface area contributed by atoms with E-state index in [2.05, 4.69) is 160 Å². The van der Waals surface area contributed by atoms with Gasteiger partial charge in [-0.25, -0.2) is 0 Å². The molecule has 722 valence electrons. The second-order valence-electron chi connectivity index (χ2n) is 34.8. The molecule has 2 N–H and O–H groups in total. The lowest BCUT2D eigenvalue weighted by molar-refractivity contribution is 0.103. The van der Waals surface area contributed by atoms with Crippen LogP contribution in [0.2, 0.25) is 0 Å². The summed E-state index contributed by atoms with van der Waals surface area (Å²) in [5.74, 6) is 0.412. The van der Waals surface area contributed by atoms with Gasteiger partial charge in [0.2, 0.25) is 0 Å². The maximum absolute atomic E-state index is 12.9. The molecular weight excluding hydrogens is 1730 g/mol. The summed E-state index contributed by atoms with van der Waals surface area (Å²) in [6, 6.07) is 119. The molecule has 0 bridgehead atoms. The summed E-state index contributed by atoms with van der Waals surface area (Å²) >= 11 is 0. The zero-order chi connectivity index (χ0) is 98.4. The summed E-state index contributed by atoms with van der Waals surface area (Å²) in [4.78, 5) is 91.4. The van der Waals surface area contributed by atoms with E-state index in [0.29, 0.717) is 35.7 Å². The SMILES string of the molecule is CCN(CC)c1cccc(C(=O)c2cccc(N(CC)CC)c2)c1.CCN(CC)c1cccc(C(=O)c2ccccc2)c1.COCN(COC)c1ccc(C(=O)c2ccccc2)cc1.O=C(c1ccc(N2CCCCC2)cc1)c1ccc(N2CCCCC2)cc1.O=C(c1ccc(NCc2ccccc2)cc1)c1ccc(NCc2ccccc2)cc1.O=C(c1ccccc1)c1ccc(N2CCCCC2)cc1. The third kappa shape index (κ3) is 31.1. The molecule has 0 atom stereocenters. The molecule has 140 heavy (non-hydrogen) atoms. The van der Waals surface area contributed by atoms with Crippen LogP contribution in [0.1, 0.15) is 206 Å². The number of carbonyl (C=O) groups excluding carboxylic acids is 6. The van der Waals surface area contributed by atoms with E-state index in [0.717, 1.165) is 170 Å². The Balaban J connectivity index is 0.000000151. The standard InChI is InChI=1S/C27H24N2O.C23H28N2O.C21H28N2O.C18H19NO.C17H19NO3.C17H19NO/c30-27(23-11-15-25(16-12-23)28-19-21-7-3-1-4-8-21)24-13-17-26(18-14-24)29-20-22-9-5-2-6-10-22;26-23(19-7-11-21(12-8-19)24-15-3-1-4-16-24)20-9-13-22(14-10-20)25-17-5-2-6-18-25;1-5-22(6-2)19-13-9-11-17(15-19)21(24)18-12-10-14-20(16-18)23(7-3)8-4;20-18(15-7-3-1-4-8-15)16-9-11-17(12-10-16)19-13-5-2-6-14-19;1-20-12-18(13-21-2)16-10-8-15(9-11-16)17(19)14-6-4-3-5-7-14;1-3-18(4-2)16-12-8-11-15(13-16)17(19)14-9-6-5-7-10-14/h1-18,28-29H,19-20H2;7-14H,1-6,15-18H2;9-16H,5-8H2,1-4H3;1,3-4,7-12H,2,5-6,13-14H2;3-11H,12-13H2,1-2H3;5-13H,3-4H2,1-2H3. The summed E-state index contributed by atoms with van der Waals surface area (Å²) in [5.41, 5.74) is 21.2. The minimum Gasteiger partial charge on any atom is -0.381 e. The van der Waals surface area contributed by atoms with Crippen LogP contribution in [0.25, 0.3) is 0 Å². The van der Waals surface area contributed by atoms with E-state index in [9.17, 15) is 28.8 Å². The fraction of sp³-hybridized carbons (Fsp3) is 0.268. The number of carbonyl (C=O) groups is 6. The first kappa shape index (κ1) is 104. The first-order chi connectivity index (χ1) is 68.6. The number of hydrogen-bond donors (Lipinski definition) is 2. The number of benzene rings is 14. The van der Waals surface area contributed by atoms with Crippen LogP contribution >= 0.6 is 0 Å². The van der Waals surface area contributed by atoms with Crippen molar-refractivity contribution in [2.75, 3.05) is 151 Å². The molecule has 14 aromatic carbocycles. The summed E-state index contributed by atoms with van der Waals surface area (Å²) in [5, 5.41) is 6.76. The van der Waals surface area contributed by atoms with Gasteiger partial charge in [0, 0.05) is 224 Å². The number of hydrogen-bond acceptors (Lipinski definition) is 17. The fourth-order valence-electron chi connectivity index (χ4n) is 17.4. The van der Waals surface area contributed by atoms with Crippen molar-refractivity contribution < 1.29 is 38.2 Å². The van der Waals surface area contributed by atoms with Crippen molar-refractivity contribution in [1.82, 2.24) is 0 Å². The van der Waals surface area contributed by atoms with Crippen LogP contribution in [0.15, 0.2) is 370 Å². The molecule has 3 heterocycles. The number of nitrogens with zero attached hydrogens (tertiary/aromatic N) is 7. The van der Waals surface area contributed by atoms with E-state index in [-0.39, 0.29) is 34.7 Å². The number of rotatable bonds is 35. The van der Waals surface area contributed by atoms with E-state index in [1.54, 1.807) is 14.2 Å². The van der Waals surface area contributed by atoms with E-state index < -0.39 is 0 Å². The van der Waals surface area contributed by atoms with Crippen LogP contribution in [0.4, 0.5) is 51.2 Å². The molecule has 3 fully saturated rings. The quantitative estimate of drug-likeness (QED) is 0.0284. The van der Waals surface area contributed by atoms with Gasteiger partial charge in [-0.15, -0.1) is 0 Å². The number of nitrogens with one attached hydrogen (secondary N) is 2. The van der Waals surface area contributed by atoms with Crippen LogP contribution in [-0.2, 0) is 22.6 Å². The lowest BCUT2D eigenvalue weighted by Crippen LogP contribution is -2.29. The third-order valence-corrected chi connectivity index (χ3v) is 25.4. The van der Waals surface area contributed by atoms with Gasteiger partial charge < -0.3 is 54.4 Å². The number of piperidine rings is 3. The Bertz CT molecular complexity index is 5850. The number of ketones is 6. The molecule has 3 aliphatic rings. The van der Waals surface area contributed by atoms with Crippen molar-refractivity contribution in [3.63, 3.8) is 0 Å². The number of methoxy groups -OCH3 is 2. The monoisotopic (exact) mass is 1870 g/mol. The molecule has 3 saturated heterocycles. The molecule has 3 aliphatic heterocycles. The number of anilines is 9. The van der Waals surface area contributed by atoms with Gasteiger partial charge in [0.05, 0.1) is 0 Å². The van der Waals surface area contributed by atoms with E-state index >= 15 is 0 Å². The summed E-state index contributed by atoms with van der Waals surface area (Å²) < 4.78 is 10.3. The van der Waals surface area contributed by atoms with Crippen LogP contribution in [0.3, 0.4) is 0 Å². The summed E-state index contributed by atoms with van der Waals surface area (Å²) in [6.07, 6.45) is 11.6. The van der Waals surface area contributed by atoms with Crippen molar-refractivity contribution >= 4 is 85.9 Å². The van der Waals surface area contributed by atoms with Crippen LogP contribution < -0.4 is 44.9 Å². The van der Waals surface area contributed by atoms with E-state index in [4.69, 9.17) is 9.47 Å². The molecule has 0 unspecified atom stereocenters. The minimum atomic E-state index is 0.0205. The minimum absolute atomic E-state index is 0.0205. The zero-order valence-corrected chi connectivity index (χ0v) is 82.8. The highest BCUT2D eigenvalue weighted by Gasteiger charge is 2.21. The molecule has 14 aromatic rings. The smallest absolute Gasteiger partial charge is 0.193 e. The van der Waals surface area contributed by atoms with E-state index in [1.807, 2.05) is 296 Å². The second kappa shape index (κ2) is 56.2. The molecule has 0 spiro atoms. The molecular formula is C123H137N9O8. The van der Waals surface area contributed by atoms with Crippen molar-refractivity contribution in [3.05, 3.63) is 448 Å². The average molecular weight is 1870 g/mol. The Labute approximate surface area is 830 Å². The first-order valence-corrected chi connectivity index (χ1v) is 49.7. The number of ether oxygens (including phenoxy) is 2. The van der Waals surface area contributed by atoms with Gasteiger partial charge in [-0.1, -0.05) is 188 Å². The molecule has 0 amide bonds. The zero-order valence-electron chi connectivity index (χ0n) is 82.8. The van der Waals surface area contributed by atoms with Gasteiger partial charge >= 0.3 is 0 Å². The topological polar surface area (TPSA) is 168 Å². The predicted molar refractivity (Wildman–Crippen MR) is 581 cm³/mol. The van der Waals surface area contributed by atoms with Gasteiger partial charge in [-0.05, 0) is 292 Å². The highest BCUT2D eigenvalue weighted by atomic mass is 16.5. The maximum Gasteiger partial charge on any atom is 0.193 e. The van der Waals surface area contributed by atoms with Crippen molar-refractivity contribution in [2.45, 2.75) is 112 Å². The molecule has 17 heteroatoms. The molecule has 0 aromatic heterocycles. The van der Waals surface area contributed by atoms with Crippen molar-refractivity contribution in [1.29, 1.82) is 0 Å². The van der Waals surface area contributed by atoms with Crippen LogP contribution in [0.5, 0.6) is 0 Å². The normalized spacial score (nSPS) is 12.5. The third-order valence-electron chi connectivity index (χ3n) is 25.4. The molecule has 17 nitrogen and oxygen atoms in total. The van der Waals surface area contributed by atoms with Gasteiger partial charge in [-0.2, -0.15) is 0 Å². The van der Waals surface area contributed by atoms with Gasteiger partial charge in [-0.3, -0.25) is 28.8 Å². The molecule has 0 saturated carbocycles. The Morgan fingerprint density at radius 3 is 0.693 bits per heavy atom. The Hall–Kier alpha value is -14.8. The Morgan fingerprint density at radius 1 is 0.229 bits per heavy atom. The fourth-order valence-corrected chi connectivity index (χ4v) is 17.4. The largest absolute Gasteiger partial charge is 0.381 e. The predicted octanol–water partition coefficient (Wildman–Crippen LogP) is 26.3. The van der Waals surface area contributed by atoms with E-state index in [1.165, 1.54) is 86.0 Å². The maximum atomic E-state index is 12.9. The lowest BCUT2D eigenvalue weighted by atomic mass is 10.0. The highest BCUT2D eigenvalue weighted by molar-refractivity contribution is 6.13. The van der Waals surface area contributed by atoms with Gasteiger partial charge in [0.15, 0.2) is 34.7 Å². The summed E-state index contributed by atoms with van der Waals surface area (Å²) in [7, 11) is 3.27. The second-order valence-corrected chi connectivity index (χ2v) is 34.8. The Kier molecular flexibility index (Phi) is 41.8. The first-order valence-electron chi connectivity index (χ1n) is 49.7. The van der Waals surface area contributed by atoms with Crippen molar-refractivity contribution in [2.24, 2.45) is 0 Å².